The zero-order chi connectivity index (χ0) is 21.8. The predicted octanol–water partition coefficient (Wildman–Crippen LogP) is 6.06. The quantitative estimate of drug-likeness (QED) is 0.421. The largest absolute Gasteiger partial charge is 0.340 e. The van der Waals surface area contributed by atoms with Crippen molar-refractivity contribution in [1.82, 2.24) is 9.97 Å². The van der Waals surface area contributed by atoms with Crippen LogP contribution in [-0.4, -0.2) is 15.9 Å². The van der Waals surface area contributed by atoms with Gasteiger partial charge in [0, 0.05) is 28.6 Å². The summed E-state index contributed by atoms with van der Waals surface area (Å²) in [5.74, 6) is 0.554. The minimum Gasteiger partial charge on any atom is -0.340 e. The maximum atomic E-state index is 12.6. The van der Waals surface area contributed by atoms with Crippen LogP contribution in [0.2, 0.25) is 0 Å². The molecule has 0 unspecified atom stereocenters. The van der Waals surface area contributed by atoms with E-state index in [9.17, 15) is 4.79 Å². The monoisotopic (exact) mass is 408 g/mol. The molecule has 0 atom stereocenters. The Bertz CT molecular complexity index is 1190. The summed E-state index contributed by atoms with van der Waals surface area (Å²) in [6, 6.07) is 23.4. The fourth-order valence-electron chi connectivity index (χ4n) is 3.41. The molecule has 0 aliphatic rings. The van der Waals surface area contributed by atoms with Crippen LogP contribution < -0.4 is 10.6 Å². The van der Waals surface area contributed by atoms with E-state index in [1.54, 1.807) is 18.5 Å². The SMILES string of the molecule is Cc1ccc(-c2cc(Nc3ccc(C(=O)Nc4cc(C)cc(C)c4)cc3)ncn2)cc1. The molecule has 4 rings (SSSR count). The lowest BCUT2D eigenvalue weighted by Crippen LogP contribution is -2.12. The minimum atomic E-state index is -0.139. The van der Waals surface area contributed by atoms with E-state index >= 15 is 0 Å². The van der Waals surface area contributed by atoms with Gasteiger partial charge in [-0.15, -0.1) is 0 Å². The molecular formula is C26H24N4O. The predicted molar refractivity (Wildman–Crippen MR) is 126 cm³/mol. The van der Waals surface area contributed by atoms with Crippen molar-refractivity contribution in [2.24, 2.45) is 0 Å². The van der Waals surface area contributed by atoms with Gasteiger partial charge in [0.2, 0.25) is 0 Å². The topological polar surface area (TPSA) is 66.9 Å². The second-order valence-corrected chi connectivity index (χ2v) is 7.69. The second-order valence-electron chi connectivity index (χ2n) is 7.69. The van der Waals surface area contributed by atoms with Crippen molar-refractivity contribution < 1.29 is 4.79 Å². The van der Waals surface area contributed by atoms with E-state index in [2.05, 4.69) is 45.7 Å². The van der Waals surface area contributed by atoms with Crippen LogP contribution in [0.4, 0.5) is 17.2 Å². The van der Waals surface area contributed by atoms with Crippen molar-refractivity contribution in [1.29, 1.82) is 0 Å². The number of hydrogen-bond acceptors (Lipinski definition) is 4. The highest BCUT2D eigenvalue weighted by Crippen LogP contribution is 2.22. The molecular weight excluding hydrogens is 384 g/mol. The van der Waals surface area contributed by atoms with E-state index in [-0.39, 0.29) is 5.91 Å². The molecule has 0 saturated carbocycles. The Hall–Kier alpha value is -3.99. The lowest BCUT2D eigenvalue weighted by atomic mass is 10.1. The van der Waals surface area contributed by atoms with Crippen molar-refractivity contribution in [2.45, 2.75) is 20.8 Å². The molecule has 0 saturated heterocycles. The number of nitrogens with one attached hydrogen (secondary N) is 2. The molecule has 0 fully saturated rings. The second kappa shape index (κ2) is 8.79. The molecule has 1 amide bonds. The number of benzene rings is 3. The summed E-state index contributed by atoms with van der Waals surface area (Å²) in [4.78, 5) is 21.3. The Morgan fingerprint density at radius 1 is 0.710 bits per heavy atom. The van der Waals surface area contributed by atoms with Crippen LogP contribution in [0.3, 0.4) is 0 Å². The number of amides is 1. The van der Waals surface area contributed by atoms with Gasteiger partial charge in [-0.05, 0) is 68.3 Å². The molecule has 5 heteroatoms. The molecule has 5 nitrogen and oxygen atoms in total. The number of rotatable bonds is 5. The van der Waals surface area contributed by atoms with Gasteiger partial charge in [0.1, 0.15) is 12.1 Å². The van der Waals surface area contributed by atoms with Gasteiger partial charge in [-0.2, -0.15) is 0 Å². The van der Waals surface area contributed by atoms with E-state index in [4.69, 9.17) is 0 Å². The third-order valence-corrected chi connectivity index (χ3v) is 4.91. The number of carbonyl (C=O) groups is 1. The molecule has 0 spiro atoms. The van der Waals surface area contributed by atoms with Crippen LogP contribution in [0.5, 0.6) is 0 Å². The number of anilines is 3. The van der Waals surface area contributed by atoms with Crippen molar-refractivity contribution >= 4 is 23.1 Å². The normalized spacial score (nSPS) is 10.5. The first-order valence-electron chi connectivity index (χ1n) is 10.1. The van der Waals surface area contributed by atoms with Crippen molar-refractivity contribution in [2.75, 3.05) is 10.6 Å². The molecule has 1 heterocycles. The first-order valence-corrected chi connectivity index (χ1v) is 10.1. The molecule has 154 valence electrons. The summed E-state index contributed by atoms with van der Waals surface area (Å²) in [6.07, 6.45) is 1.54. The van der Waals surface area contributed by atoms with Gasteiger partial charge in [-0.1, -0.05) is 35.9 Å². The number of carbonyl (C=O) groups excluding carboxylic acids is 1. The molecule has 0 radical (unpaired) electrons. The first kappa shape index (κ1) is 20.3. The highest BCUT2D eigenvalue weighted by Gasteiger charge is 2.08. The number of hydrogen-bond donors (Lipinski definition) is 2. The maximum absolute atomic E-state index is 12.6. The smallest absolute Gasteiger partial charge is 0.255 e. The van der Waals surface area contributed by atoms with Crippen LogP contribution in [0, 0.1) is 20.8 Å². The molecule has 4 aromatic rings. The van der Waals surface area contributed by atoms with Gasteiger partial charge in [0.15, 0.2) is 0 Å². The van der Waals surface area contributed by atoms with E-state index in [0.717, 1.165) is 33.8 Å². The fraction of sp³-hybridized carbons (Fsp3) is 0.115. The molecule has 3 aromatic carbocycles. The average molecular weight is 409 g/mol. The number of aryl methyl sites for hydroxylation is 3. The minimum absolute atomic E-state index is 0.139. The zero-order valence-corrected chi connectivity index (χ0v) is 17.8. The maximum Gasteiger partial charge on any atom is 0.255 e. The van der Waals surface area contributed by atoms with E-state index in [1.165, 1.54) is 5.56 Å². The lowest BCUT2D eigenvalue weighted by Gasteiger charge is -2.10. The van der Waals surface area contributed by atoms with E-state index < -0.39 is 0 Å². The van der Waals surface area contributed by atoms with Crippen molar-refractivity contribution in [3.8, 4) is 11.3 Å². The van der Waals surface area contributed by atoms with E-state index in [0.29, 0.717) is 11.4 Å². The Morgan fingerprint density at radius 2 is 1.39 bits per heavy atom. The molecule has 0 bridgehead atoms. The fourth-order valence-corrected chi connectivity index (χ4v) is 3.41. The standard InChI is InChI=1S/C26H24N4O/c1-17-4-6-20(7-5-17)24-15-25(28-16-27-24)29-22-10-8-21(9-11-22)26(31)30-23-13-18(2)12-19(3)14-23/h4-16H,1-3H3,(H,30,31)(H,27,28,29). The lowest BCUT2D eigenvalue weighted by molar-refractivity contribution is 0.102. The average Bonchev–Trinajstić information content (AvgIpc) is 2.74. The summed E-state index contributed by atoms with van der Waals surface area (Å²) in [6.45, 7) is 6.09. The Kier molecular flexibility index (Phi) is 5.76. The Morgan fingerprint density at radius 3 is 2.06 bits per heavy atom. The highest BCUT2D eigenvalue weighted by atomic mass is 16.1. The van der Waals surface area contributed by atoms with Gasteiger partial charge in [-0.3, -0.25) is 4.79 Å². The summed E-state index contributed by atoms with van der Waals surface area (Å²) in [5.41, 5.74) is 7.56. The summed E-state index contributed by atoms with van der Waals surface area (Å²) < 4.78 is 0. The van der Waals surface area contributed by atoms with Gasteiger partial charge in [0.25, 0.3) is 5.91 Å². The van der Waals surface area contributed by atoms with Crippen molar-refractivity contribution in [3.63, 3.8) is 0 Å². The molecule has 2 N–H and O–H groups in total. The third-order valence-electron chi connectivity index (χ3n) is 4.91. The van der Waals surface area contributed by atoms with Crippen LogP contribution in [0.15, 0.2) is 79.1 Å². The van der Waals surface area contributed by atoms with Crippen molar-refractivity contribution in [3.05, 3.63) is 101 Å². The van der Waals surface area contributed by atoms with Crippen LogP contribution >= 0.6 is 0 Å². The first-order chi connectivity index (χ1) is 15.0. The van der Waals surface area contributed by atoms with Gasteiger partial charge >= 0.3 is 0 Å². The van der Waals surface area contributed by atoms with Gasteiger partial charge < -0.3 is 10.6 Å². The van der Waals surface area contributed by atoms with Crippen LogP contribution in [0.1, 0.15) is 27.0 Å². The van der Waals surface area contributed by atoms with Gasteiger partial charge in [0.05, 0.1) is 5.69 Å². The van der Waals surface area contributed by atoms with Gasteiger partial charge in [-0.25, -0.2) is 9.97 Å². The molecule has 0 aliphatic carbocycles. The highest BCUT2D eigenvalue weighted by molar-refractivity contribution is 6.04. The molecule has 31 heavy (non-hydrogen) atoms. The number of aromatic nitrogens is 2. The van der Waals surface area contributed by atoms with Crippen LogP contribution in [-0.2, 0) is 0 Å². The summed E-state index contributed by atoms with van der Waals surface area (Å²) in [5, 5.41) is 6.23. The third kappa shape index (κ3) is 5.14. The summed E-state index contributed by atoms with van der Waals surface area (Å²) in [7, 11) is 0. The summed E-state index contributed by atoms with van der Waals surface area (Å²) >= 11 is 0. The Balaban J connectivity index is 1.45. The van der Waals surface area contributed by atoms with Crippen LogP contribution in [0.25, 0.3) is 11.3 Å². The van der Waals surface area contributed by atoms with E-state index in [1.807, 2.05) is 56.3 Å². The number of nitrogens with zero attached hydrogens (tertiary/aromatic N) is 2. The zero-order valence-electron chi connectivity index (χ0n) is 17.8. The Labute approximate surface area is 182 Å². The molecule has 0 aliphatic heterocycles. The molecule has 1 aromatic heterocycles.